The highest BCUT2D eigenvalue weighted by atomic mass is 16.6. The van der Waals surface area contributed by atoms with Crippen LogP contribution in [0, 0.1) is 0 Å². The van der Waals surface area contributed by atoms with Gasteiger partial charge in [0.1, 0.15) is 11.5 Å². The summed E-state index contributed by atoms with van der Waals surface area (Å²) in [6, 6.07) is 5.54. The minimum Gasteiger partial charge on any atom is -0.466 e. The first-order valence-corrected chi connectivity index (χ1v) is 7.56. The van der Waals surface area contributed by atoms with Crippen LogP contribution in [0.2, 0.25) is 0 Å². The Kier molecular flexibility index (Phi) is 8.74. The van der Waals surface area contributed by atoms with E-state index in [4.69, 9.17) is 9.47 Å². The molecule has 0 aromatic heterocycles. The van der Waals surface area contributed by atoms with Gasteiger partial charge in [-0.05, 0) is 24.3 Å². The molecule has 0 spiro atoms. The number of rotatable bonds is 8. The topological polar surface area (TPSA) is 124 Å². The second-order valence-electron chi connectivity index (χ2n) is 4.72. The highest BCUT2D eigenvalue weighted by Gasteiger charge is 2.17. The predicted molar refractivity (Wildman–Crippen MR) is 91.9 cm³/mol. The Labute approximate surface area is 160 Å². The van der Waals surface area contributed by atoms with Crippen LogP contribution in [-0.2, 0) is 38.1 Å². The normalized spacial score (nSPS) is 11.1. The summed E-state index contributed by atoms with van der Waals surface area (Å²) in [7, 11) is 4.52. The van der Waals surface area contributed by atoms with E-state index in [0.29, 0.717) is 0 Å². The van der Waals surface area contributed by atoms with Gasteiger partial charge in [-0.25, -0.2) is 19.2 Å². The molecule has 0 aliphatic rings. The summed E-state index contributed by atoms with van der Waals surface area (Å²) in [5.74, 6) is -3.88. The molecule has 0 radical (unpaired) electrons. The van der Waals surface area contributed by atoms with Crippen molar-refractivity contribution in [2.75, 3.05) is 28.4 Å². The molecule has 0 aliphatic carbocycles. The van der Waals surface area contributed by atoms with Crippen molar-refractivity contribution in [3.05, 3.63) is 47.9 Å². The number of ether oxygens (including phenoxy) is 6. The number of hydrogen-bond acceptors (Lipinski definition) is 10. The van der Waals surface area contributed by atoms with Crippen molar-refractivity contribution < 1.29 is 47.6 Å². The first-order chi connectivity index (χ1) is 13.3. The number of methoxy groups -OCH3 is 4. The van der Waals surface area contributed by atoms with E-state index >= 15 is 0 Å². The van der Waals surface area contributed by atoms with Crippen LogP contribution < -0.4 is 9.47 Å². The fraction of sp³-hybridized carbons (Fsp3) is 0.222. The SMILES string of the molecule is COC(=O)/C=C(/Oc1ccc(O/C(=C/C(=O)OC)C(=O)OC)cc1)C(=O)OC. The van der Waals surface area contributed by atoms with Gasteiger partial charge in [-0.3, -0.25) is 0 Å². The van der Waals surface area contributed by atoms with Gasteiger partial charge < -0.3 is 28.4 Å². The van der Waals surface area contributed by atoms with Gasteiger partial charge in [0.05, 0.1) is 40.6 Å². The third-order valence-electron chi connectivity index (χ3n) is 2.95. The predicted octanol–water partition coefficient (Wildman–Crippen LogP) is 0.904. The van der Waals surface area contributed by atoms with Crippen molar-refractivity contribution >= 4 is 23.9 Å². The summed E-state index contributed by atoms with van der Waals surface area (Å²) in [4.78, 5) is 46.0. The lowest BCUT2D eigenvalue weighted by Gasteiger charge is -2.10. The summed E-state index contributed by atoms with van der Waals surface area (Å²) in [5, 5.41) is 0. The Balaban J connectivity index is 3.00. The average molecular weight is 394 g/mol. The Morgan fingerprint density at radius 2 is 0.929 bits per heavy atom. The lowest BCUT2D eigenvalue weighted by molar-refractivity contribution is -0.140. The van der Waals surface area contributed by atoms with Crippen LogP contribution in [0.25, 0.3) is 0 Å². The van der Waals surface area contributed by atoms with Gasteiger partial charge in [-0.2, -0.15) is 0 Å². The molecule has 0 saturated heterocycles. The standard InChI is InChI=1S/C18H18O10/c1-23-15(19)9-13(17(21)25-3)27-11-5-7-12(8-6-11)28-14(18(22)26-4)10-16(20)24-2/h5-10H,1-4H3/b13-9+,14-10+. The van der Waals surface area contributed by atoms with E-state index in [0.717, 1.165) is 40.6 Å². The van der Waals surface area contributed by atoms with E-state index in [9.17, 15) is 19.2 Å². The molecule has 10 nitrogen and oxygen atoms in total. The van der Waals surface area contributed by atoms with E-state index in [1.54, 1.807) is 0 Å². The van der Waals surface area contributed by atoms with Gasteiger partial charge >= 0.3 is 23.9 Å². The lowest BCUT2D eigenvalue weighted by Crippen LogP contribution is -2.14. The van der Waals surface area contributed by atoms with Gasteiger partial charge in [0.25, 0.3) is 0 Å². The quantitative estimate of drug-likeness (QED) is 0.272. The smallest absolute Gasteiger partial charge is 0.374 e. The summed E-state index contributed by atoms with van der Waals surface area (Å²) < 4.78 is 28.5. The molecule has 1 aromatic carbocycles. The monoisotopic (exact) mass is 394 g/mol. The first kappa shape index (κ1) is 22.2. The molecule has 0 bridgehead atoms. The number of esters is 4. The molecular formula is C18H18O10. The molecule has 0 N–H and O–H groups in total. The highest BCUT2D eigenvalue weighted by molar-refractivity contribution is 5.95. The second kappa shape index (κ2) is 11.0. The average Bonchev–Trinajstić information content (AvgIpc) is 2.72. The van der Waals surface area contributed by atoms with Gasteiger partial charge in [-0.1, -0.05) is 0 Å². The molecule has 10 heteroatoms. The zero-order valence-electron chi connectivity index (χ0n) is 15.5. The van der Waals surface area contributed by atoms with Crippen molar-refractivity contribution in [3.63, 3.8) is 0 Å². The van der Waals surface area contributed by atoms with Crippen LogP contribution in [0.4, 0.5) is 0 Å². The molecule has 1 aromatic rings. The van der Waals surface area contributed by atoms with Crippen LogP contribution in [-0.4, -0.2) is 52.3 Å². The molecule has 0 fully saturated rings. The molecule has 1 rings (SSSR count). The van der Waals surface area contributed by atoms with Gasteiger partial charge in [0.15, 0.2) is 0 Å². The van der Waals surface area contributed by atoms with Gasteiger partial charge in [0.2, 0.25) is 11.5 Å². The molecule has 0 amide bonds. The summed E-state index contributed by atoms with van der Waals surface area (Å²) in [6.45, 7) is 0. The van der Waals surface area contributed by atoms with Crippen LogP contribution in [0.15, 0.2) is 47.9 Å². The third-order valence-corrected chi connectivity index (χ3v) is 2.95. The fourth-order valence-corrected chi connectivity index (χ4v) is 1.62. The third kappa shape index (κ3) is 6.83. The molecule has 0 unspecified atom stereocenters. The van der Waals surface area contributed by atoms with E-state index in [-0.39, 0.29) is 11.5 Å². The Bertz CT molecular complexity index is 722. The summed E-state index contributed by atoms with van der Waals surface area (Å²) >= 11 is 0. The van der Waals surface area contributed by atoms with Crippen molar-refractivity contribution in [2.45, 2.75) is 0 Å². The van der Waals surface area contributed by atoms with E-state index in [1.807, 2.05) is 0 Å². The largest absolute Gasteiger partial charge is 0.466 e. The number of carbonyl (C=O) groups is 4. The van der Waals surface area contributed by atoms with Crippen molar-refractivity contribution in [2.24, 2.45) is 0 Å². The van der Waals surface area contributed by atoms with Crippen molar-refractivity contribution in [1.82, 2.24) is 0 Å². The van der Waals surface area contributed by atoms with Crippen molar-refractivity contribution in [3.8, 4) is 11.5 Å². The van der Waals surface area contributed by atoms with E-state index < -0.39 is 35.4 Å². The Hall–Kier alpha value is -3.82. The number of benzene rings is 1. The second-order valence-corrected chi connectivity index (χ2v) is 4.72. The fourth-order valence-electron chi connectivity index (χ4n) is 1.62. The molecular weight excluding hydrogens is 376 g/mol. The molecule has 150 valence electrons. The maximum absolute atomic E-state index is 11.7. The number of hydrogen-bond donors (Lipinski definition) is 0. The van der Waals surface area contributed by atoms with E-state index in [1.165, 1.54) is 24.3 Å². The van der Waals surface area contributed by atoms with Crippen LogP contribution >= 0.6 is 0 Å². The molecule has 0 saturated carbocycles. The maximum atomic E-state index is 11.7. The van der Waals surface area contributed by atoms with Crippen LogP contribution in [0.1, 0.15) is 0 Å². The first-order valence-electron chi connectivity index (χ1n) is 7.56. The van der Waals surface area contributed by atoms with E-state index in [2.05, 4.69) is 18.9 Å². The Morgan fingerprint density at radius 3 is 1.18 bits per heavy atom. The van der Waals surface area contributed by atoms with Gasteiger partial charge in [-0.15, -0.1) is 0 Å². The number of carbonyl (C=O) groups excluding carboxylic acids is 4. The van der Waals surface area contributed by atoms with Crippen LogP contribution in [0.3, 0.4) is 0 Å². The summed E-state index contributed by atoms with van der Waals surface area (Å²) in [5.41, 5.74) is 0. The van der Waals surface area contributed by atoms with Crippen LogP contribution in [0.5, 0.6) is 11.5 Å². The zero-order valence-corrected chi connectivity index (χ0v) is 15.5. The van der Waals surface area contributed by atoms with Gasteiger partial charge in [0, 0.05) is 0 Å². The maximum Gasteiger partial charge on any atom is 0.374 e. The minimum atomic E-state index is -0.889. The zero-order chi connectivity index (χ0) is 21.1. The molecule has 0 aliphatic heterocycles. The highest BCUT2D eigenvalue weighted by Crippen LogP contribution is 2.22. The molecule has 28 heavy (non-hydrogen) atoms. The van der Waals surface area contributed by atoms with Crippen molar-refractivity contribution in [1.29, 1.82) is 0 Å². The summed E-state index contributed by atoms with van der Waals surface area (Å²) in [6.07, 6.45) is 1.65. The molecule has 0 heterocycles. The minimum absolute atomic E-state index is 0.157. The lowest BCUT2D eigenvalue weighted by atomic mass is 10.3. The molecule has 0 atom stereocenters. The Morgan fingerprint density at radius 1 is 0.607 bits per heavy atom.